The highest BCUT2D eigenvalue weighted by Crippen LogP contribution is 2.16. The molecule has 4 nitrogen and oxygen atoms in total. The number of aromatic nitrogens is 1. The first-order valence-corrected chi connectivity index (χ1v) is 3.88. The van der Waals surface area contributed by atoms with Crippen molar-refractivity contribution in [2.75, 3.05) is 5.43 Å². The predicted molar refractivity (Wildman–Crippen MR) is 49.5 cm³/mol. The van der Waals surface area contributed by atoms with Crippen LogP contribution in [0.5, 0.6) is 0 Å². The number of nitrogens with zero attached hydrogens (tertiary/aromatic N) is 2. The summed E-state index contributed by atoms with van der Waals surface area (Å²) in [6.45, 7) is 0. The summed E-state index contributed by atoms with van der Waals surface area (Å²) in [5.74, 6) is 5.54. The maximum atomic E-state index is 8.64. The van der Waals surface area contributed by atoms with Crippen molar-refractivity contribution in [3.8, 4) is 6.07 Å². The molecule has 1 aromatic rings. The molecule has 0 radical (unpaired) electrons. The van der Waals surface area contributed by atoms with Crippen LogP contribution in [-0.2, 0) is 0 Å². The fraction of sp³-hybridized carbons (Fsp3) is 0. The van der Waals surface area contributed by atoms with Crippen LogP contribution in [0.3, 0.4) is 0 Å². The molecule has 3 N–H and O–H groups in total. The van der Waals surface area contributed by atoms with Crippen molar-refractivity contribution in [2.45, 2.75) is 0 Å². The molecule has 11 heavy (non-hydrogen) atoms. The first kappa shape index (κ1) is 8.23. The summed E-state index contributed by atoms with van der Waals surface area (Å²) in [6, 6.07) is 3.75. The fourth-order valence-electron chi connectivity index (χ4n) is 0.654. The molecule has 1 aromatic heterocycles. The van der Waals surface area contributed by atoms with Crippen molar-refractivity contribution >= 4 is 28.4 Å². The Morgan fingerprint density at radius 1 is 1.73 bits per heavy atom. The van der Waals surface area contributed by atoms with Crippen LogP contribution in [0.2, 0.25) is 0 Å². The average molecular weight is 260 g/mol. The van der Waals surface area contributed by atoms with E-state index >= 15 is 0 Å². The zero-order chi connectivity index (χ0) is 8.27. The molecule has 0 saturated heterocycles. The number of halogens is 1. The van der Waals surface area contributed by atoms with Crippen molar-refractivity contribution in [1.82, 2.24) is 4.98 Å². The highest BCUT2D eigenvalue weighted by atomic mass is 127. The number of nitrogen functional groups attached to an aromatic ring is 1. The standard InChI is InChI=1S/C6H5IN4/c7-5-1-2-10-6(11-9)4(5)3-8/h1-2H,9H2,(H,10,11). The van der Waals surface area contributed by atoms with E-state index < -0.39 is 0 Å². The van der Waals surface area contributed by atoms with Crippen LogP contribution in [0.25, 0.3) is 0 Å². The number of anilines is 1. The Balaban J connectivity index is 3.27. The second kappa shape index (κ2) is 3.50. The van der Waals surface area contributed by atoms with Crippen LogP contribution >= 0.6 is 22.6 Å². The Hall–Kier alpha value is -0.870. The molecule has 0 atom stereocenters. The monoisotopic (exact) mass is 260 g/mol. The Bertz CT molecular complexity index is 304. The van der Waals surface area contributed by atoms with E-state index in [1.165, 1.54) is 0 Å². The lowest BCUT2D eigenvalue weighted by molar-refractivity contribution is 1.20. The minimum absolute atomic E-state index is 0.416. The SMILES string of the molecule is N#Cc1c(I)ccnc1NN. The highest BCUT2D eigenvalue weighted by molar-refractivity contribution is 14.1. The summed E-state index contributed by atoms with van der Waals surface area (Å²) < 4.78 is 0.841. The number of nitriles is 1. The maximum absolute atomic E-state index is 8.64. The van der Waals surface area contributed by atoms with Crippen molar-refractivity contribution in [3.05, 3.63) is 21.4 Å². The maximum Gasteiger partial charge on any atom is 0.159 e. The summed E-state index contributed by atoms with van der Waals surface area (Å²) >= 11 is 2.05. The molecule has 0 aliphatic carbocycles. The van der Waals surface area contributed by atoms with Gasteiger partial charge in [0.1, 0.15) is 11.6 Å². The molecule has 0 spiro atoms. The van der Waals surface area contributed by atoms with Gasteiger partial charge in [0.15, 0.2) is 5.82 Å². The van der Waals surface area contributed by atoms with Crippen LogP contribution in [-0.4, -0.2) is 4.98 Å². The third-order valence-corrected chi connectivity index (χ3v) is 2.05. The summed E-state index contributed by atoms with van der Waals surface area (Å²) in [7, 11) is 0. The molecular weight excluding hydrogens is 255 g/mol. The number of hydrogen-bond acceptors (Lipinski definition) is 4. The van der Waals surface area contributed by atoms with Gasteiger partial charge in [-0.15, -0.1) is 0 Å². The molecular formula is C6H5IN4. The van der Waals surface area contributed by atoms with E-state index in [2.05, 4.69) is 33.0 Å². The zero-order valence-electron chi connectivity index (χ0n) is 5.50. The molecule has 0 saturated carbocycles. The first-order valence-electron chi connectivity index (χ1n) is 2.81. The van der Waals surface area contributed by atoms with E-state index in [0.717, 1.165) is 3.57 Å². The van der Waals surface area contributed by atoms with E-state index in [1.807, 2.05) is 6.07 Å². The van der Waals surface area contributed by atoms with Crippen molar-refractivity contribution in [2.24, 2.45) is 5.84 Å². The van der Waals surface area contributed by atoms with Gasteiger partial charge in [-0.05, 0) is 28.7 Å². The summed E-state index contributed by atoms with van der Waals surface area (Å²) in [5.41, 5.74) is 2.83. The molecule has 0 aliphatic rings. The number of nitrogens with one attached hydrogen (secondary N) is 1. The Morgan fingerprint density at radius 3 is 2.91 bits per heavy atom. The normalized spacial score (nSPS) is 8.82. The molecule has 0 aromatic carbocycles. The number of rotatable bonds is 1. The van der Waals surface area contributed by atoms with Gasteiger partial charge in [0.25, 0.3) is 0 Å². The van der Waals surface area contributed by atoms with Crippen molar-refractivity contribution in [1.29, 1.82) is 5.26 Å². The molecule has 1 heterocycles. The number of hydrazine groups is 1. The minimum atomic E-state index is 0.416. The Kier molecular flexibility index (Phi) is 2.62. The molecule has 0 amide bonds. The van der Waals surface area contributed by atoms with Gasteiger partial charge in [-0.1, -0.05) is 0 Å². The first-order chi connectivity index (χ1) is 5.29. The van der Waals surface area contributed by atoms with Gasteiger partial charge in [-0.3, -0.25) is 0 Å². The lowest BCUT2D eigenvalue weighted by Gasteiger charge is -2.01. The zero-order valence-corrected chi connectivity index (χ0v) is 7.66. The highest BCUT2D eigenvalue weighted by Gasteiger charge is 2.04. The van der Waals surface area contributed by atoms with Gasteiger partial charge >= 0.3 is 0 Å². The summed E-state index contributed by atoms with van der Waals surface area (Å²) in [6.07, 6.45) is 1.60. The van der Waals surface area contributed by atoms with Crippen LogP contribution < -0.4 is 11.3 Å². The number of hydrogen-bond donors (Lipinski definition) is 2. The lowest BCUT2D eigenvalue weighted by atomic mass is 10.3. The van der Waals surface area contributed by atoms with E-state index in [4.69, 9.17) is 11.1 Å². The van der Waals surface area contributed by atoms with E-state index in [1.54, 1.807) is 12.3 Å². The van der Waals surface area contributed by atoms with Gasteiger partial charge in [-0.2, -0.15) is 5.26 Å². The second-order valence-corrected chi connectivity index (χ2v) is 2.93. The fourth-order valence-corrected chi connectivity index (χ4v) is 1.19. The molecule has 5 heteroatoms. The molecule has 0 unspecified atom stereocenters. The van der Waals surface area contributed by atoms with Crippen molar-refractivity contribution < 1.29 is 0 Å². The molecule has 0 bridgehead atoms. The summed E-state index contributed by atoms with van der Waals surface area (Å²) in [4.78, 5) is 3.87. The van der Waals surface area contributed by atoms with Gasteiger partial charge in [0, 0.05) is 9.77 Å². The largest absolute Gasteiger partial charge is 0.307 e. The summed E-state index contributed by atoms with van der Waals surface area (Å²) in [5, 5.41) is 8.64. The third kappa shape index (κ3) is 1.58. The van der Waals surface area contributed by atoms with E-state index in [-0.39, 0.29) is 0 Å². The smallest absolute Gasteiger partial charge is 0.159 e. The van der Waals surface area contributed by atoms with Crippen molar-refractivity contribution in [3.63, 3.8) is 0 Å². The Morgan fingerprint density at radius 2 is 2.45 bits per heavy atom. The van der Waals surface area contributed by atoms with E-state index in [0.29, 0.717) is 11.4 Å². The van der Waals surface area contributed by atoms with Gasteiger partial charge < -0.3 is 5.43 Å². The number of nitrogens with two attached hydrogens (primary N) is 1. The molecule has 1 rings (SSSR count). The molecule has 0 fully saturated rings. The quantitative estimate of drug-likeness (QED) is 0.446. The average Bonchev–Trinajstić information content (AvgIpc) is 2.04. The third-order valence-electron chi connectivity index (χ3n) is 1.15. The predicted octanol–water partition coefficient (Wildman–Crippen LogP) is 0.843. The van der Waals surface area contributed by atoms with Gasteiger partial charge in [0.05, 0.1) is 0 Å². The van der Waals surface area contributed by atoms with Crippen LogP contribution in [0, 0.1) is 14.9 Å². The van der Waals surface area contributed by atoms with E-state index in [9.17, 15) is 0 Å². The van der Waals surface area contributed by atoms with Gasteiger partial charge in [0.2, 0.25) is 0 Å². The Labute approximate surface area is 77.5 Å². The minimum Gasteiger partial charge on any atom is -0.307 e. The van der Waals surface area contributed by atoms with Crippen LogP contribution in [0.15, 0.2) is 12.3 Å². The lowest BCUT2D eigenvalue weighted by Crippen LogP contribution is -2.10. The van der Waals surface area contributed by atoms with Crippen LogP contribution in [0.1, 0.15) is 5.56 Å². The molecule has 0 aliphatic heterocycles. The van der Waals surface area contributed by atoms with Crippen LogP contribution in [0.4, 0.5) is 5.82 Å². The number of pyridine rings is 1. The second-order valence-electron chi connectivity index (χ2n) is 1.77. The van der Waals surface area contributed by atoms with Gasteiger partial charge in [-0.25, -0.2) is 10.8 Å². The topological polar surface area (TPSA) is 74.7 Å². The molecule has 56 valence electrons.